The molecule has 84 valence electrons. The van der Waals surface area contributed by atoms with Gasteiger partial charge < -0.3 is 4.74 Å². The van der Waals surface area contributed by atoms with Crippen LogP contribution in [-0.2, 0) is 6.54 Å². The second-order valence-corrected chi connectivity index (χ2v) is 3.29. The molecular weight excluding hydrogens is 230 g/mol. The molecule has 0 amide bonds. The van der Waals surface area contributed by atoms with E-state index in [1.165, 1.54) is 7.11 Å². The normalized spacial score (nSPS) is 10.4. The van der Waals surface area contributed by atoms with Crippen LogP contribution in [0.4, 0.5) is 0 Å². The van der Waals surface area contributed by atoms with Crippen molar-refractivity contribution in [2.24, 2.45) is 0 Å². The van der Waals surface area contributed by atoms with Gasteiger partial charge in [0.25, 0.3) is 0 Å². The van der Waals surface area contributed by atoms with Crippen molar-refractivity contribution in [3.8, 4) is 17.5 Å². The van der Waals surface area contributed by atoms with Crippen LogP contribution in [0, 0.1) is 0 Å². The zero-order chi connectivity index (χ0) is 11.5. The van der Waals surface area contributed by atoms with Crippen LogP contribution in [0.25, 0.3) is 11.5 Å². The van der Waals surface area contributed by atoms with Gasteiger partial charge in [-0.25, -0.2) is 0 Å². The van der Waals surface area contributed by atoms with Gasteiger partial charge in [-0.1, -0.05) is 0 Å². The maximum Gasteiger partial charge on any atom is 0.321 e. The third-order valence-electron chi connectivity index (χ3n) is 2.02. The molecule has 2 heterocycles. The Balaban J connectivity index is 2.51. The maximum atomic E-state index is 5.77. The van der Waals surface area contributed by atoms with Gasteiger partial charge in [0.1, 0.15) is 5.69 Å². The minimum atomic E-state index is 0.103. The molecule has 0 saturated heterocycles. The Morgan fingerprint density at radius 1 is 1.38 bits per heavy atom. The largest absolute Gasteiger partial charge is 0.467 e. The third-order valence-corrected chi connectivity index (χ3v) is 2.18. The molecule has 0 spiro atoms. The second kappa shape index (κ2) is 4.44. The summed E-state index contributed by atoms with van der Waals surface area (Å²) in [6.45, 7) is 2.71. The highest BCUT2D eigenvalue weighted by Crippen LogP contribution is 2.18. The van der Waals surface area contributed by atoms with E-state index in [0.29, 0.717) is 5.82 Å². The van der Waals surface area contributed by atoms with E-state index in [9.17, 15) is 0 Å². The van der Waals surface area contributed by atoms with Gasteiger partial charge in [0.2, 0.25) is 5.28 Å². The molecule has 16 heavy (non-hydrogen) atoms. The SMILES string of the molecule is CCn1nccc1-c1nc(Cl)nc(OC)n1. The highest BCUT2D eigenvalue weighted by Gasteiger charge is 2.11. The summed E-state index contributed by atoms with van der Waals surface area (Å²) in [6.07, 6.45) is 1.68. The van der Waals surface area contributed by atoms with Crippen molar-refractivity contribution in [3.63, 3.8) is 0 Å². The molecule has 0 saturated carbocycles. The number of aryl methyl sites for hydroxylation is 1. The van der Waals surface area contributed by atoms with Gasteiger partial charge in [0.05, 0.1) is 7.11 Å². The van der Waals surface area contributed by atoms with Crippen LogP contribution in [0.3, 0.4) is 0 Å². The standard InChI is InChI=1S/C9H10ClN5O/c1-3-15-6(4-5-11-15)7-12-8(10)14-9(13-7)16-2/h4-5H,3H2,1-2H3. The van der Waals surface area contributed by atoms with Gasteiger partial charge in [0.15, 0.2) is 5.82 Å². The number of halogens is 1. The van der Waals surface area contributed by atoms with Crippen LogP contribution in [0.5, 0.6) is 6.01 Å². The van der Waals surface area contributed by atoms with E-state index >= 15 is 0 Å². The van der Waals surface area contributed by atoms with E-state index in [-0.39, 0.29) is 11.3 Å². The molecule has 0 N–H and O–H groups in total. The van der Waals surface area contributed by atoms with Gasteiger partial charge >= 0.3 is 6.01 Å². The molecule has 0 bridgehead atoms. The summed E-state index contributed by atoms with van der Waals surface area (Å²) in [5.41, 5.74) is 0.783. The molecule has 2 rings (SSSR count). The van der Waals surface area contributed by atoms with E-state index in [4.69, 9.17) is 16.3 Å². The summed E-state index contributed by atoms with van der Waals surface area (Å²) >= 11 is 5.77. The van der Waals surface area contributed by atoms with Crippen LogP contribution < -0.4 is 4.74 Å². The average molecular weight is 240 g/mol. The van der Waals surface area contributed by atoms with E-state index in [2.05, 4.69) is 20.1 Å². The van der Waals surface area contributed by atoms with Gasteiger partial charge in [-0.2, -0.15) is 20.1 Å². The number of methoxy groups -OCH3 is 1. The van der Waals surface area contributed by atoms with E-state index in [1.54, 1.807) is 10.9 Å². The molecule has 0 unspecified atom stereocenters. The Morgan fingerprint density at radius 2 is 2.19 bits per heavy atom. The number of hydrogen-bond donors (Lipinski definition) is 0. The molecule has 2 aromatic rings. The minimum Gasteiger partial charge on any atom is -0.467 e. The number of aromatic nitrogens is 5. The monoisotopic (exact) mass is 239 g/mol. The highest BCUT2D eigenvalue weighted by molar-refractivity contribution is 6.28. The number of ether oxygens (including phenoxy) is 1. The van der Waals surface area contributed by atoms with Crippen molar-refractivity contribution in [3.05, 3.63) is 17.5 Å². The molecule has 0 atom stereocenters. The summed E-state index contributed by atoms with van der Waals surface area (Å²) in [5.74, 6) is 0.455. The first-order valence-electron chi connectivity index (χ1n) is 4.72. The van der Waals surface area contributed by atoms with Crippen LogP contribution in [0.2, 0.25) is 5.28 Å². The van der Waals surface area contributed by atoms with Crippen molar-refractivity contribution in [2.45, 2.75) is 13.5 Å². The number of hydrogen-bond acceptors (Lipinski definition) is 5. The molecule has 7 heteroatoms. The van der Waals surface area contributed by atoms with E-state index in [1.807, 2.05) is 13.0 Å². The average Bonchev–Trinajstić information content (AvgIpc) is 2.76. The molecule has 0 fully saturated rings. The first-order valence-corrected chi connectivity index (χ1v) is 5.10. The lowest BCUT2D eigenvalue weighted by atomic mass is 10.4. The van der Waals surface area contributed by atoms with Crippen LogP contribution in [0.1, 0.15) is 6.92 Å². The highest BCUT2D eigenvalue weighted by atomic mass is 35.5. The van der Waals surface area contributed by atoms with Gasteiger partial charge in [-0.3, -0.25) is 4.68 Å². The van der Waals surface area contributed by atoms with E-state index in [0.717, 1.165) is 12.2 Å². The number of nitrogens with zero attached hydrogens (tertiary/aromatic N) is 5. The van der Waals surface area contributed by atoms with Crippen molar-refractivity contribution >= 4 is 11.6 Å². The van der Waals surface area contributed by atoms with E-state index < -0.39 is 0 Å². The van der Waals surface area contributed by atoms with Crippen LogP contribution in [-0.4, -0.2) is 31.8 Å². The van der Waals surface area contributed by atoms with Gasteiger partial charge in [-0.05, 0) is 24.6 Å². The summed E-state index contributed by atoms with van der Waals surface area (Å²) in [4.78, 5) is 12.0. The number of rotatable bonds is 3. The lowest BCUT2D eigenvalue weighted by molar-refractivity contribution is 0.378. The first kappa shape index (κ1) is 10.8. The molecule has 0 aliphatic rings. The Hall–Kier alpha value is -1.69. The molecular formula is C9H10ClN5O. The fourth-order valence-electron chi connectivity index (χ4n) is 1.31. The van der Waals surface area contributed by atoms with Crippen LogP contribution in [0.15, 0.2) is 12.3 Å². The molecule has 0 aromatic carbocycles. The molecule has 2 aromatic heterocycles. The Labute approximate surface area is 97.3 Å². The zero-order valence-corrected chi connectivity index (χ0v) is 9.64. The van der Waals surface area contributed by atoms with Crippen molar-refractivity contribution in [1.82, 2.24) is 24.7 Å². The van der Waals surface area contributed by atoms with Gasteiger partial charge in [0, 0.05) is 12.7 Å². The van der Waals surface area contributed by atoms with Crippen molar-refractivity contribution in [1.29, 1.82) is 0 Å². The summed E-state index contributed by atoms with van der Waals surface area (Å²) in [5, 5.41) is 4.23. The van der Waals surface area contributed by atoms with Crippen molar-refractivity contribution in [2.75, 3.05) is 7.11 Å². The smallest absolute Gasteiger partial charge is 0.321 e. The predicted molar refractivity (Wildman–Crippen MR) is 58.3 cm³/mol. The predicted octanol–water partition coefficient (Wildman–Crippen LogP) is 1.42. The summed E-state index contributed by atoms with van der Waals surface area (Å²) in [6, 6.07) is 2.01. The molecule has 6 nitrogen and oxygen atoms in total. The fourth-order valence-corrected chi connectivity index (χ4v) is 1.46. The first-order chi connectivity index (χ1) is 7.74. The third kappa shape index (κ3) is 1.96. The molecule has 0 radical (unpaired) electrons. The molecule has 0 aliphatic carbocycles. The Kier molecular flexibility index (Phi) is 3.00. The second-order valence-electron chi connectivity index (χ2n) is 2.95. The van der Waals surface area contributed by atoms with Crippen LogP contribution >= 0.6 is 11.6 Å². The summed E-state index contributed by atoms with van der Waals surface area (Å²) in [7, 11) is 1.48. The Morgan fingerprint density at radius 3 is 2.88 bits per heavy atom. The Bertz CT molecular complexity index is 498. The summed E-state index contributed by atoms with van der Waals surface area (Å²) < 4.78 is 6.70. The lowest BCUT2D eigenvalue weighted by Gasteiger charge is -2.04. The minimum absolute atomic E-state index is 0.103. The lowest BCUT2D eigenvalue weighted by Crippen LogP contribution is -2.03. The maximum absolute atomic E-state index is 5.77. The molecule has 0 aliphatic heterocycles. The quantitative estimate of drug-likeness (QED) is 0.810. The van der Waals surface area contributed by atoms with Crippen molar-refractivity contribution < 1.29 is 4.74 Å². The zero-order valence-electron chi connectivity index (χ0n) is 8.88. The van der Waals surface area contributed by atoms with Gasteiger partial charge in [-0.15, -0.1) is 0 Å². The fraction of sp³-hybridized carbons (Fsp3) is 0.333. The topological polar surface area (TPSA) is 65.7 Å².